The first kappa shape index (κ1) is 16.8. The van der Waals surface area contributed by atoms with Crippen molar-refractivity contribution in [1.29, 1.82) is 0 Å². The monoisotopic (exact) mass is 311 g/mol. The summed E-state index contributed by atoms with van der Waals surface area (Å²) < 4.78 is 17.3. The fourth-order valence-corrected chi connectivity index (χ4v) is 2.72. The highest BCUT2D eigenvalue weighted by atomic mass is 16.6. The molecular weight excluding hydrogens is 286 g/mol. The minimum absolute atomic E-state index is 0.246. The van der Waals surface area contributed by atoms with Gasteiger partial charge in [-0.1, -0.05) is 0 Å². The Hall–Kier alpha value is -1.60. The Kier molecular flexibility index (Phi) is 6.67. The van der Waals surface area contributed by atoms with Crippen molar-refractivity contribution in [3.8, 4) is 0 Å². The zero-order chi connectivity index (χ0) is 15.8. The molecule has 1 fully saturated rings. The van der Waals surface area contributed by atoms with E-state index >= 15 is 0 Å². The van der Waals surface area contributed by atoms with Gasteiger partial charge in [0.05, 0.1) is 13.2 Å². The second kappa shape index (κ2) is 8.75. The van der Waals surface area contributed by atoms with E-state index in [2.05, 4.69) is 9.55 Å². The van der Waals surface area contributed by atoms with Gasteiger partial charge in [-0.3, -0.25) is 0 Å². The fourth-order valence-electron chi connectivity index (χ4n) is 2.72. The van der Waals surface area contributed by atoms with Crippen LogP contribution < -0.4 is 0 Å². The zero-order valence-corrected chi connectivity index (χ0v) is 13.4. The molecule has 0 spiro atoms. The molecule has 7 nitrogen and oxygen atoms in total. The molecule has 0 bridgehead atoms. The summed E-state index contributed by atoms with van der Waals surface area (Å²) in [5, 5.41) is 0. The standard InChI is InChI=1S/C15H25N3O4/c1-20-9-8-17-7-5-16-14(17)13-4-3-6-18(12-13)15(19)22-11-10-21-2/h5,7,13H,3-4,6,8-12H2,1-2H3/t13-/m0/s1. The molecule has 1 amide bonds. The summed E-state index contributed by atoms with van der Waals surface area (Å²) in [6.45, 7) is 3.53. The summed E-state index contributed by atoms with van der Waals surface area (Å²) in [7, 11) is 3.28. The molecule has 1 saturated heterocycles. The highest BCUT2D eigenvalue weighted by Gasteiger charge is 2.28. The first-order chi connectivity index (χ1) is 10.8. The predicted octanol–water partition coefficient (Wildman–Crippen LogP) is 1.49. The Labute approximate surface area is 131 Å². The first-order valence-corrected chi connectivity index (χ1v) is 7.67. The van der Waals surface area contributed by atoms with Crippen LogP contribution >= 0.6 is 0 Å². The van der Waals surface area contributed by atoms with Crippen LogP contribution in [0, 0.1) is 0 Å². The molecule has 7 heteroatoms. The zero-order valence-electron chi connectivity index (χ0n) is 13.4. The molecule has 2 heterocycles. The lowest BCUT2D eigenvalue weighted by atomic mass is 9.97. The van der Waals surface area contributed by atoms with Crippen LogP contribution in [0.1, 0.15) is 24.6 Å². The number of amides is 1. The maximum Gasteiger partial charge on any atom is 0.409 e. The van der Waals surface area contributed by atoms with Gasteiger partial charge in [-0.15, -0.1) is 0 Å². The molecule has 0 N–H and O–H groups in total. The Balaban J connectivity index is 1.92. The summed E-state index contributed by atoms with van der Waals surface area (Å²) in [6.07, 6.45) is 5.50. The van der Waals surface area contributed by atoms with Crippen LogP contribution in [-0.4, -0.2) is 67.7 Å². The van der Waals surface area contributed by atoms with Crippen LogP contribution in [0.2, 0.25) is 0 Å². The quantitative estimate of drug-likeness (QED) is 0.714. The van der Waals surface area contributed by atoms with E-state index in [1.54, 1.807) is 25.3 Å². The Morgan fingerprint density at radius 2 is 2.14 bits per heavy atom. The maximum absolute atomic E-state index is 12.0. The van der Waals surface area contributed by atoms with E-state index in [1.807, 2.05) is 6.20 Å². The third kappa shape index (κ3) is 4.45. The average Bonchev–Trinajstić information content (AvgIpc) is 3.01. The van der Waals surface area contributed by atoms with Crippen LogP contribution in [0.3, 0.4) is 0 Å². The van der Waals surface area contributed by atoms with Gasteiger partial charge in [0.1, 0.15) is 12.4 Å². The van der Waals surface area contributed by atoms with Gasteiger partial charge in [0.2, 0.25) is 0 Å². The van der Waals surface area contributed by atoms with E-state index in [0.29, 0.717) is 26.4 Å². The largest absolute Gasteiger partial charge is 0.447 e. The number of ether oxygens (including phenoxy) is 3. The predicted molar refractivity (Wildman–Crippen MR) is 80.9 cm³/mol. The molecule has 1 aliphatic heterocycles. The minimum atomic E-state index is -0.267. The SMILES string of the molecule is COCCOC(=O)N1CCC[C@H](c2nccn2CCOC)C1. The van der Waals surface area contributed by atoms with E-state index in [-0.39, 0.29) is 12.0 Å². The number of imidazole rings is 1. The van der Waals surface area contributed by atoms with Gasteiger partial charge in [-0.05, 0) is 12.8 Å². The number of methoxy groups -OCH3 is 2. The second-order valence-corrected chi connectivity index (χ2v) is 5.36. The van der Waals surface area contributed by atoms with Crippen molar-refractivity contribution in [2.45, 2.75) is 25.3 Å². The fraction of sp³-hybridized carbons (Fsp3) is 0.733. The summed E-state index contributed by atoms with van der Waals surface area (Å²) in [6, 6.07) is 0. The highest BCUT2D eigenvalue weighted by Crippen LogP contribution is 2.26. The Bertz CT molecular complexity index is 463. The summed E-state index contributed by atoms with van der Waals surface area (Å²) in [4.78, 5) is 18.3. The van der Waals surface area contributed by atoms with Crippen LogP contribution in [-0.2, 0) is 20.8 Å². The second-order valence-electron chi connectivity index (χ2n) is 5.36. The van der Waals surface area contributed by atoms with Gasteiger partial charge < -0.3 is 23.7 Å². The number of hydrogen-bond donors (Lipinski definition) is 0. The van der Waals surface area contributed by atoms with Crippen molar-refractivity contribution in [3.63, 3.8) is 0 Å². The molecule has 1 aromatic heterocycles. The van der Waals surface area contributed by atoms with E-state index < -0.39 is 0 Å². The third-order valence-corrected chi connectivity index (χ3v) is 3.84. The van der Waals surface area contributed by atoms with Crippen molar-refractivity contribution < 1.29 is 19.0 Å². The molecule has 124 valence electrons. The molecular formula is C15H25N3O4. The lowest BCUT2D eigenvalue weighted by molar-refractivity contribution is 0.0645. The van der Waals surface area contributed by atoms with Crippen LogP contribution in [0.25, 0.3) is 0 Å². The summed E-state index contributed by atoms with van der Waals surface area (Å²) in [5.41, 5.74) is 0. The summed E-state index contributed by atoms with van der Waals surface area (Å²) in [5.74, 6) is 1.27. The third-order valence-electron chi connectivity index (χ3n) is 3.84. The molecule has 2 rings (SSSR count). The number of likely N-dealkylation sites (tertiary alicyclic amines) is 1. The lowest BCUT2D eigenvalue weighted by Crippen LogP contribution is -2.40. The van der Waals surface area contributed by atoms with Crippen molar-refractivity contribution in [1.82, 2.24) is 14.5 Å². The highest BCUT2D eigenvalue weighted by molar-refractivity contribution is 5.67. The van der Waals surface area contributed by atoms with E-state index in [4.69, 9.17) is 14.2 Å². The van der Waals surface area contributed by atoms with Gasteiger partial charge >= 0.3 is 6.09 Å². The smallest absolute Gasteiger partial charge is 0.409 e. The number of piperidine rings is 1. The molecule has 0 unspecified atom stereocenters. The van der Waals surface area contributed by atoms with E-state index in [9.17, 15) is 4.79 Å². The Morgan fingerprint density at radius 1 is 1.32 bits per heavy atom. The maximum atomic E-state index is 12.0. The molecule has 0 radical (unpaired) electrons. The number of carbonyl (C=O) groups excluding carboxylic acids is 1. The lowest BCUT2D eigenvalue weighted by Gasteiger charge is -2.32. The first-order valence-electron chi connectivity index (χ1n) is 7.67. The Morgan fingerprint density at radius 3 is 2.91 bits per heavy atom. The molecule has 1 aliphatic rings. The van der Waals surface area contributed by atoms with Gasteiger partial charge in [0, 0.05) is 52.2 Å². The molecule has 22 heavy (non-hydrogen) atoms. The van der Waals surface area contributed by atoms with Gasteiger partial charge in [0.25, 0.3) is 0 Å². The average molecular weight is 311 g/mol. The van der Waals surface area contributed by atoms with Gasteiger partial charge in [0.15, 0.2) is 0 Å². The van der Waals surface area contributed by atoms with Crippen LogP contribution in [0.15, 0.2) is 12.4 Å². The van der Waals surface area contributed by atoms with Crippen molar-refractivity contribution in [2.75, 3.05) is 47.1 Å². The van der Waals surface area contributed by atoms with Crippen molar-refractivity contribution in [3.05, 3.63) is 18.2 Å². The number of nitrogens with zero attached hydrogens (tertiary/aromatic N) is 3. The minimum Gasteiger partial charge on any atom is -0.447 e. The van der Waals surface area contributed by atoms with Crippen LogP contribution in [0.4, 0.5) is 4.79 Å². The normalized spacial score (nSPS) is 18.5. The van der Waals surface area contributed by atoms with Gasteiger partial charge in [-0.2, -0.15) is 0 Å². The molecule has 0 saturated carbocycles. The molecule has 0 aromatic carbocycles. The number of aromatic nitrogens is 2. The molecule has 0 aliphatic carbocycles. The van der Waals surface area contributed by atoms with Gasteiger partial charge in [-0.25, -0.2) is 9.78 Å². The van der Waals surface area contributed by atoms with Crippen molar-refractivity contribution >= 4 is 6.09 Å². The molecule has 1 aromatic rings. The van der Waals surface area contributed by atoms with E-state index in [1.165, 1.54) is 0 Å². The van der Waals surface area contributed by atoms with E-state index in [0.717, 1.165) is 31.8 Å². The summed E-state index contributed by atoms with van der Waals surface area (Å²) >= 11 is 0. The topological polar surface area (TPSA) is 65.8 Å². The number of carbonyl (C=O) groups is 1. The van der Waals surface area contributed by atoms with Crippen LogP contribution in [0.5, 0.6) is 0 Å². The number of rotatable bonds is 7. The number of hydrogen-bond acceptors (Lipinski definition) is 5. The van der Waals surface area contributed by atoms with Crippen molar-refractivity contribution in [2.24, 2.45) is 0 Å². The molecule has 1 atom stereocenters.